The summed E-state index contributed by atoms with van der Waals surface area (Å²) in [6, 6.07) is 0. The van der Waals surface area contributed by atoms with Crippen LogP contribution in [0, 0.1) is 10.8 Å². The molecule has 0 atom stereocenters. The predicted octanol–water partition coefficient (Wildman–Crippen LogP) is -0.987. The molecule has 0 aromatic rings. The number of halogens is 1. The number of allylic oxidation sites excluding steroid dienone is 1. The summed E-state index contributed by atoms with van der Waals surface area (Å²) >= 11 is 0. The third-order valence-electron chi connectivity index (χ3n) is 0.456. The van der Waals surface area contributed by atoms with Crippen LogP contribution in [0.4, 0.5) is 0 Å². The second-order valence-corrected chi connectivity index (χ2v) is 1.61. The largest absolute Gasteiger partial charge is 0.349 e. The van der Waals surface area contributed by atoms with Gasteiger partial charge in [0.2, 0.25) is 6.26 Å². The molecular formula is C4H7ClO3. The van der Waals surface area contributed by atoms with Crippen LogP contribution in [0.2, 0.25) is 0 Å². The highest BCUT2D eigenvalue weighted by Crippen LogP contribution is 1.82. The van der Waals surface area contributed by atoms with Crippen molar-refractivity contribution in [3.05, 3.63) is 12.3 Å². The van der Waals surface area contributed by atoms with Crippen molar-refractivity contribution in [2.75, 3.05) is 0 Å². The molecule has 0 fully saturated rings. The standard InChI is InChI=1S/C4H7ClO3/c1-2-3-4-8-5(6)7/h3-4H,2H2,1H3/b4-3+. The van der Waals surface area contributed by atoms with Crippen LogP contribution in [0.25, 0.3) is 0 Å². The van der Waals surface area contributed by atoms with Gasteiger partial charge in [-0.1, -0.05) is 6.92 Å². The smallest absolute Gasteiger partial charge is 0.307 e. The quantitative estimate of drug-likeness (QED) is 0.471. The van der Waals surface area contributed by atoms with Crippen LogP contribution in [0.3, 0.4) is 0 Å². The van der Waals surface area contributed by atoms with Gasteiger partial charge in [0.1, 0.15) is 0 Å². The van der Waals surface area contributed by atoms with Gasteiger partial charge in [-0.15, -0.1) is 4.29 Å². The molecule has 48 valence electrons. The lowest BCUT2D eigenvalue weighted by Crippen LogP contribution is -2.32. The zero-order valence-electron chi connectivity index (χ0n) is 4.46. The Balaban J connectivity index is 3.03. The third-order valence-corrected chi connectivity index (χ3v) is 0.704. The number of hydrogen-bond acceptors (Lipinski definition) is 3. The molecule has 0 aromatic carbocycles. The van der Waals surface area contributed by atoms with Crippen LogP contribution in [0.1, 0.15) is 13.3 Å². The van der Waals surface area contributed by atoms with Crippen molar-refractivity contribution in [3.63, 3.8) is 0 Å². The zero-order valence-corrected chi connectivity index (χ0v) is 5.22. The van der Waals surface area contributed by atoms with E-state index in [-0.39, 0.29) is 0 Å². The average Bonchev–Trinajstić information content (AvgIpc) is 1.66. The molecule has 0 heterocycles. The number of rotatable bonds is 3. The molecule has 0 amide bonds. The molecule has 0 rings (SSSR count). The van der Waals surface area contributed by atoms with Crippen molar-refractivity contribution in [1.82, 2.24) is 0 Å². The van der Waals surface area contributed by atoms with Gasteiger partial charge >= 0.3 is 10.8 Å². The Hall–Kier alpha value is -0.250. The van der Waals surface area contributed by atoms with Crippen molar-refractivity contribution in [1.29, 1.82) is 0 Å². The minimum absolute atomic E-state index is 0.769. The molecule has 8 heavy (non-hydrogen) atoms. The molecular weight excluding hydrogens is 131 g/mol. The fourth-order valence-corrected chi connectivity index (χ4v) is 0.331. The SMILES string of the molecule is CC/C=C/O[Cl+2]([O-])[O-]. The third kappa shape index (κ3) is 5.75. The van der Waals surface area contributed by atoms with Crippen LogP contribution < -0.4 is 9.32 Å². The lowest BCUT2D eigenvalue weighted by atomic mass is 10.5. The van der Waals surface area contributed by atoms with Gasteiger partial charge in [-0.25, -0.2) is 0 Å². The lowest BCUT2D eigenvalue weighted by Gasteiger charge is -1.85. The van der Waals surface area contributed by atoms with E-state index >= 15 is 0 Å². The summed E-state index contributed by atoms with van der Waals surface area (Å²) < 4.78 is 23.1. The summed E-state index contributed by atoms with van der Waals surface area (Å²) in [5, 5.41) is 0. The van der Waals surface area contributed by atoms with E-state index in [1.807, 2.05) is 6.92 Å². The Kier molecular flexibility index (Phi) is 4.75. The van der Waals surface area contributed by atoms with Crippen molar-refractivity contribution in [2.24, 2.45) is 0 Å². The number of hydrogen-bond donors (Lipinski definition) is 0. The van der Waals surface area contributed by atoms with Crippen LogP contribution >= 0.6 is 0 Å². The molecule has 0 saturated carbocycles. The van der Waals surface area contributed by atoms with E-state index < -0.39 is 10.8 Å². The highest BCUT2D eigenvalue weighted by atomic mass is 35.6. The summed E-state index contributed by atoms with van der Waals surface area (Å²) in [5.41, 5.74) is 0. The van der Waals surface area contributed by atoms with Gasteiger partial charge in [0.05, 0.1) is 0 Å². The van der Waals surface area contributed by atoms with Gasteiger partial charge in [-0.05, 0) is 12.5 Å². The maximum absolute atomic E-state index is 9.56. The van der Waals surface area contributed by atoms with Crippen LogP contribution in [-0.4, -0.2) is 0 Å². The Labute approximate surface area is 51.0 Å². The van der Waals surface area contributed by atoms with Crippen LogP contribution in [-0.2, 0) is 4.29 Å². The van der Waals surface area contributed by atoms with E-state index in [0.717, 1.165) is 12.7 Å². The molecule has 0 aliphatic heterocycles. The Morgan fingerprint density at radius 2 is 2.25 bits per heavy atom. The molecule has 4 heteroatoms. The zero-order chi connectivity index (χ0) is 6.41. The summed E-state index contributed by atoms with van der Waals surface area (Å²) in [4.78, 5) is 0. The highest BCUT2D eigenvalue weighted by molar-refractivity contribution is 4.68. The fourth-order valence-electron chi connectivity index (χ4n) is 0.175. The minimum atomic E-state index is -2.11. The summed E-state index contributed by atoms with van der Waals surface area (Å²) in [7, 11) is -2.11. The van der Waals surface area contributed by atoms with Crippen LogP contribution in [0.5, 0.6) is 0 Å². The second-order valence-electron chi connectivity index (χ2n) is 1.06. The molecule has 0 saturated heterocycles. The molecule has 0 aromatic heterocycles. The van der Waals surface area contributed by atoms with E-state index in [1.54, 1.807) is 6.08 Å². The first-order chi connectivity index (χ1) is 3.77. The summed E-state index contributed by atoms with van der Waals surface area (Å²) in [6.45, 7) is 1.88. The Morgan fingerprint density at radius 3 is 2.62 bits per heavy atom. The van der Waals surface area contributed by atoms with E-state index in [9.17, 15) is 9.32 Å². The summed E-state index contributed by atoms with van der Waals surface area (Å²) in [6.07, 6.45) is 3.49. The van der Waals surface area contributed by atoms with Crippen molar-refractivity contribution in [2.45, 2.75) is 13.3 Å². The van der Waals surface area contributed by atoms with Crippen LogP contribution in [0.15, 0.2) is 12.3 Å². The maximum atomic E-state index is 9.56. The van der Waals surface area contributed by atoms with Crippen molar-refractivity contribution < 1.29 is 24.4 Å². The molecule has 0 aliphatic carbocycles. The first-order valence-corrected chi connectivity index (χ1v) is 3.07. The second kappa shape index (κ2) is 4.90. The average molecular weight is 139 g/mol. The van der Waals surface area contributed by atoms with Crippen molar-refractivity contribution >= 4 is 0 Å². The summed E-state index contributed by atoms with van der Waals surface area (Å²) in [5.74, 6) is 0. The molecule has 0 radical (unpaired) electrons. The fraction of sp³-hybridized carbons (Fsp3) is 0.500. The van der Waals surface area contributed by atoms with Gasteiger partial charge < -0.3 is 9.32 Å². The van der Waals surface area contributed by atoms with E-state index in [4.69, 9.17) is 0 Å². The maximum Gasteiger partial charge on any atom is 0.349 e. The first-order valence-electron chi connectivity index (χ1n) is 2.15. The molecule has 0 unspecified atom stereocenters. The monoisotopic (exact) mass is 138 g/mol. The topological polar surface area (TPSA) is 55.3 Å². The minimum Gasteiger partial charge on any atom is -0.307 e. The van der Waals surface area contributed by atoms with E-state index in [0.29, 0.717) is 0 Å². The lowest BCUT2D eigenvalue weighted by molar-refractivity contribution is -1.63. The molecule has 0 aliphatic rings. The Bertz CT molecular complexity index is 71.7. The predicted molar refractivity (Wildman–Crippen MR) is 20.5 cm³/mol. The van der Waals surface area contributed by atoms with Crippen molar-refractivity contribution in [3.8, 4) is 0 Å². The van der Waals surface area contributed by atoms with Gasteiger partial charge in [-0.3, -0.25) is 0 Å². The van der Waals surface area contributed by atoms with Gasteiger partial charge in [0, 0.05) is 0 Å². The Morgan fingerprint density at radius 1 is 1.62 bits per heavy atom. The van der Waals surface area contributed by atoms with Gasteiger partial charge in [-0.2, -0.15) is 0 Å². The molecule has 3 nitrogen and oxygen atoms in total. The first kappa shape index (κ1) is 7.75. The van der Waals surface area contributed by atoms with E-state index in [1.165, 1.54) is 0 Å². The van der Waals surface area contributed by atoms with Gasteiger partial charge in [0.25, 0.3) is 0 Å². The van der Waals surface area contributed by atoms with E-state index in [2.05, 4.69) is 4.29 Å². The molecule has 0 bridgehead atoms. The molecule has 0 spiro atoms. The molecule has 0 N–H and O–H groups in total. The highest BCUT2D eigenvalue weighted by Gasteiger charge is 1.97. The van der Waals surface area contributed by atoms with Gasteiger partial charge in [0.15, 0.2) is 0 Å². The normalized spacial score (nSPS) is 11.0.